The summed E-state index contributed by atoms with van der Waals surface area (Å²) in [7, 11) is 4.05. The van der Waals surface area contributed by atoms with Crippen LogP contribution in [0.25, 0.3) is 0 Å². The molecular weight excluding hydrogens is 264 g/mol. The molecule has 4 heteroatoms. The second-order valence-electron chi connectivity index (χ2n) is 5.20. The lowest BCUT2D eigenvalue weighted by atomic mass is 10.2. The largest absolute Gasteiger partial charge is 0.508 e. The van der Waals surface area contributed by atoms with Gasteiger partial charge in [0.1, 0.15) is 18.1 Å². The van der Waals surface area contributed by atoms with Crippen LogP contribution in [0.5, 0.6) is 11.5 Å². The summed E-state index contributed by atoms with van der Waals surface area (Å²) in [5.74, 6) is 1.15. The molecule has 0 atom stereocenters. The fraction of sp³-hybridized carbons (Fsp3) is 0.294. The topological polar surface area (TPSA) is 44.7 Å². The molecule has 0 spiro atoms. The van der Waals surface area contributed by atoms with Gasteiger partial charge in [-0.25, -0.2) is 0 Å². The second-order valence-corrected chi connectivity index (χ2v) is 5.20. The van der Waals surface area contributed by atoms with Gasteiger partial charge in [-0.3, -0.25) is 0 Å². The first-order valence-electron chi connectivity index (χ1n) is 7.03. The number of rotatable bonds is 7. The molecule has 112 valence electrons. The van der Waals surface area contributed by atoms with Crippen LogP contribution in [0.15, 0.2) is 48.5 Å². The zero-order valence-corrected chi connectivity index (χ0v) is 12.5. The number of hydrogen-bond donors (Lipinski definition) is 2. The van der Waals surface area contributed by atoms with Gasteiger partial charge in [0.05, 0.1) is 0 Å². The van der Waals surface area contributed by atoms with Crippen LogP contribution in [0, 0.1) is 0 Å². The molecule has 0 fully saturated rings. The van der Waals surface area contributed by atoms with E-state index < -0.39 is 0 Å². The highest BCUT2D eigenvalue weighted by Crippen LogP contribution is 2.19. The summed E-state index contributed by atoms with van der Waals surface area (Å²) in [6.07, 6.45) is 0. The Morgan fingerprint density at radius 2 is 1.90 bits per heavy atom. The zero-order valence-electron chi connectivity index (χ0n) is 12.5. The molecule has 0 saturated carbocycles. The first-order valence-corrected chi connectivity index (χ1v) is 7.03. The Morgan fingerprint density at radius 3 is 2.67 bits per heavy atom. The maximum Gasteiger partial charge on any atom is 0.121 e. The number of likely N-dealkylation sites (N-methyl/N-ethyl adjacent to an activating group) is 1. The van der Waals surface area contributed by atoms with E-state index in [0.29, 0.717) is 13.2 Å². The Bertz CT molecular complexity index is 570. The summed E-state index contributed by atoms with van der Waals surface area (Å²) < 4.78 is 5.71. The molecule has 2 aromatic carbocycles. The highest BCUT2D eigenvalue weighted by Gasteiger charge is 1.99. The third-order valence-electron chi connectivity index (χ3n) is 3.05. The van der Waals surface area contributed by atoms with E-state index in [-0.39, 0.29) is 5.75 Å². The predicted octanol–water partition coefficient (Wildman–Crippen LogP) is 2.94. The number of phenolic OH excluding ortho intramolecular Hbond substituents is 1. The molecule has 0 heterocycles. The molecule has 0 saturated heterocycles. The van der Waals surface area contributed by atoms with Crippen LogP contribution in [-0.2, 0) is 6.54 Å². The third kappa shape index (κ3) is 5.36. The monoisotopic (exact) mass is 286 g/mol. The van der Waals surface area contributed by atoms with Crippen molar-refractivity contribution in [1.82, 2.24) is 4.90 Å². The first-order chi connectivity index (χ1) is 10.1. The van der Waals surface area contributed by atoms with E-state index >= 15 is 0 Å². The third-order valence-corrected chi connectivity index (χ3v) is 3.05. The van der Waals surface area contributed by atoms with Crippen molar-refractivity contribution in [1.29, 1.82) is 0 Å². The maximum absolute atomic E-state index is 9.44. The highest BCUT2D eigenvalue weighted by atomic mass is 16.5. The molecule has 0 aliphatic carbocycles. The summed E-state index contributed by atoms with van der Waals surface area (Å²) in [6.45, 7) is 2.22. The molecule has 0 bridgehead atoms. The molecule has 21 heavy (non-hydrogen) atoms. The number of benzene rings is 2. The van der Waals surface area contributed by atoms with Gasteiger partial charge in [-0.2, -0.15) is 0 Å². The van der Waals surface area contributed by atoms with E-state index in [1.165, 1.54) is 0 Å². The molecular formula is C17H22N2O2. The predicted molar refractivity (Wildman–Crippen MR) is 85.9 cm³/mol. The summed E-state index contributed by atoms with van der Waals surface area (Å²) in [6, 6.07) is 15.1. The lowest BCUT2D eigenvalue weighted by Crippen LogP contribution is -2.19. The lowest BCUT2D eigenvalue weighted by molar-refractivity contribution is 0.261. The van der Waals surface area contributed by atoms with Crippen LogP contribution in [-0.4, -0.2) is 37.3 Å². The fourth-order valence-corrected chi connectivity index (χ4v) is 1.91. The van der Waals surface area contributed by atoms with Crippen molar-refractivity contribution < 1.29 is 9.84 Å². The van der Waals surface area contributed by atoms with Crippen LogP contribution < -0.4 is 10.1 Å². The summed E-state index contributed by atoms with van der Waals surface area (Å²) in [4.78, 5) is 2.09. The van der Waals surface area contributed by atoms with Gasteiger partial charge in [0.25, 0.3) is 0 Å². The summed E-state index contributed by atoms with van der Waals surface area (Å²) in [5.41, 5.74) is 2.04. The van der Waals surface area contributed by atoms with Crippen molar-refractivity contribution in [3.63, 3.8) is 0 Å². The molecule has 0 aliphatic heterocycles. The molecule has 0 amide bonds. The van der Waals surface area contributed by atoms with E-state index in [2.05, 4.69) is 10.2 Å². The maximum atomic E-state index is 9.44. The molecule has 2 N–H and O–H groups in total. The molecule has 4 nitrogen and oxygen atoms in total. The van der Waals surface area contributed by atoms with Gasteiger partial charge in [0.15, 0.2) is 0 Å². The number of phenols is 1. The second kappa shape index (κ2) is 7.55. The van der Waals surface area contributed by atoms with Crippen molar-refractivity contribution in [3.05, 3.63) is 54.1 Å². The number of anilines is 1. The van der Waals surface area contributed by atoms with Gasteiger partial charge < -0.3 is 20.1 Å². The Kier molecular flexibility index (Phi) is 5.46. The van der Waals surface area contributed by atoms with Crippen LogP contribution in [0.3, 0.4) is 0 Å². The Morgan fingerprint density at radius 1 is 1.10 bits per heavy atom. The zero-order chi connectivity index (χ0) is 15.1. The van der Waals surface area contributed by atoms with E-state index in [4.69, 9.17) is 4.74 Å². The summed E-state index contributed by atoms with van der Waals surface area (Å²) in [5, 5.41) is 12.8. The minimum atomic E-state index is 0.287. The molecule has 0 aromatic heterocycles. The van der Waals surface area contributed by atoms with Crippen LogP contribution in [0.1, 0.15) is 5.56 Å². The Hall–Kier alpha value is -2.20. The van der Waals surface area contributed by atoms with Crippen molar-refractivity contribution in [2.75, 3.05) is 32.6 Å². The van der Waals surface area contributed by atoms with Gasteiger partial charge in [-0.1, -0.05) is 18.2 Å². The fourth-order valence-electron chi connectivity index (χ4n) is 1.91. The van der Waals surface area contributed by atoms with Gasteiger partial charge in [-0.15, -0.1) is 0 Å². The molecule has 2 rings (SSSR count). The number of nitrogens with one attached hydrogen (secondary N) is 1. The SMILES string of the molecule is CN(C)CCOc1cccc(NCc2cccc(O)c2)c1. The standard InChI is InChI=1S/C17H22N2O2/c1-19(2)9-10-21-17-8-4-6-15(12-17)18-13-14-5-3-7-16(20)11-14/h3-8,11-12,18,20H,9-10,13H2,1-2H3. The Labute approximate surface area is 126 Å². The highest BCUT2D eigenvalue weighted by molar-refractivity contribution is 5.48. The molecule has 0 unspecified atom stereocenters. The van der Waals surface area contributed by atoms with Crippen LogP contribution >= 0.6 is 0 Å². The number of ether oxygens (including phenoxy) is 1. The molecule has 0 aliphatic rings. The smallest absolute Gasteiger partial charge is 0.121 e. The van der Waals surface area contributed by atoms with Gasteiger partial charge in [0.2, 0.25) is 0 Å². The van der Waals surface area contributed by atoms with Gasteiger partial charge in [0, 0.05) is 24.8 Å². The van der Waals surface area contributed by atoms with E-state index in [1.54, 1.807) is 12.1 Å². The van der Waals surface area contributed by atoms with Crippen molar-refractivity contribution >= 4 is 5.69 Å². The Balaban J connectivity index is 1.88. The van der Waals surface area contributed by atoms with Crippen LogP contribution in [0.2, 0.25) is 0 Å². The van der Waals surface area contributed by atoms with E-state index in [1.807, 2.05) is 50.5 Å². The number of nitrogens with zero attached hydrogens (tertiary/aromatic N) is 1. The van der Waals surface area contributed by atoms with Crippen molar-refractivity contribution in [2.45, 2.75) is 6.54 Å². The average Bonchev–Trinajstić information content (AvgIpc) is 2.45. The molecule has 2 aromatic rings. The molecule has 0 radical (unpaired) electrons. The average molecular weight is 286 g/mol. The van der Waals surface area contributed by atoms with E-state index in [0.717, 1.165) is 23.5 Å². The minimum absolute atomic E-state index is 0.287. The number of aromatic hydroxyl groups is 1. The van der Waals surface area contributed by atoms with Gasteiger partial charge >= 0.3 is 0 Å². The quantitative estimate of drug-likeness (QED) is 0.821. The summed E-state index contributed by atoms with van der Waals surface area (Å²) >= 11 is 0. The van der Waals surface area contributed by atoms with Crippen LogP contribution in [0.4, 0.5) is 5.69 Å². The first kappa shape index (κ1) is 15.2. The number of hydrogen-bond acceptors (Lipinski definition) is 4. The van der Waals surface area contributed by atoms with E-state index in [9.17, 15) is 5.11 Å². The van der Waals surface area contributed by atoms with Gasteiger partial charge in [-0.05, 0) is 43.9 Å². The lowest BCUT2D eigenvalue weighted by Gasteiger charge is -2.12. The normalized spacial score (nSPS) is 10.6. The van der Waals surface area contributed by atoms with Crippen molar-refractivity contribution in [3.8, 4) is 11.5 Å². The van der Waals surface area contributed by atoms with Crippen molar-refractivity contribution in [2.24, 2.45) is 0 Å². The minimum Gasteiger partial charge on any atom is -0.508 e.